The smallest absolute Gasteiger partial charge is 0.410 e. The Hall–Kier alpha value is -1.63. The molecule has 1 aromatic carbocycles. The van der Waals surface area contributed by atoms with Gasteiger partial charge in [-0.15, -0.1) is 11.8 Å². The lowest BCUT2D eigenvalue weighted by molar-refractivity contribution is -0.384. The summed E-state index contributed by atoms with van der Waals surface area (Å²) >= 11 is 4.96. The number of thioether (sulfide) groups is 1. The van der Waals surface area contributed by atoms with Crippen LogP contribution in [0.1, 0.15) is 32.8 Å². The zero-order chi connectivity index (χ0) is 26.0. The van der Waals surface area contributed by atoms with Crippen LogP contribution >= 0.6 is 27.7 Å². The lowest BCUT2D eigenvalue weighted by Gasteiger charge is -2.38. The van der Waals surface area contributed by atoms with Crippen molar-refractivity contribution in [2.45, 2.75) is 69.5 Å². The van der Waals surface area contributed by atoms with Crippen LogP contribution in [0.3, 0.4) is 0 Å². The summed E-state index contributed by atoms with van der Waals surface area (Å²) < 4.78 is 12.3. The van der Waals surface area contributed by atoms with Crippen LogP contribution in [-0.4, -0.2) is 76.7 Å². The third kappa shape index (κ3) is 6.58. The Morgan fingerprint density at radius 2 is 1.89 bits per heavy atom. The number of benzene rings is 1. The highest BCUT2D eigenvalue weighted by Gasteiger charge is 2.48. The summed E-state index contributed by atoms with van der Waals surface area (Å²) in [5, 5.41) is 11.0. The Kier molecular flexibility index (Phi) is 8.93. The van der Waals surface area contributed by atoms with Gasteiger partial charge in [0.15, 0.2) is 8.32 Å². The van der Waals surface area contributed by atoms with Crippen molar-refractivity contribution in [2.24, 2.45) is 0 Å². The molecule has 1 aromatic rings. The average Bonchev–Trinajstić information content (AvgIpc) is 3.43. The van der Waals surface area contributed by atoms with Gasteiger partial charge in [-0.3, -0.25) is 19.8 Å². The summed E-state index contributed by atoms with van der Waals surface area (Å²) in [6, 6.07) is 5.73. The number of halogens is 1. The maximum atomic E-state index is 13.2. The van der Waals surface area contributed by atoms with Crippen LogP contribution in [0.4, 0.5) is 10.5 Å². The van der Waals surface area contributed by atoms with Gasteiger partial charge in [-0.05, 0) is 42.2 Å². The summed E-state index contributed by atoms with van der Waals surface area (Å²) in [6.07, 6.45) is 0.0476. The zero-order valence-corrected chi connectivity index (χ0v) is 24.3. The lowest BCUT2D eigenvalue weighted by atomic mass is 10.2. The Labute approximate surface area is 220 Å². The largest absolute Gasteiger partial charge is 0.445 e. The standard InChI is InChI=1S/C23H34BrN3O6SSi/c1-23(2,3)35(4,5)33-18-12-19(21-25(10-11-34-21)20(28)13-24)26(14-18)22(29)32-15-16-6-8-17(9-7-16)27(30)31/h6-9,18-19,21H,10-15H2,1-5H3. The molecule has 2 saturated heterocycles. The Morgan fingerprint density at radius 3 is 2.46 bits per heavy atom. The van der Waals surface area contributed by atoms with E-state index in [0.29, 0.717) is 25.1 Å². The number of hydrogen-bond donors (Lipinski definition) is 0. The number of likely N-dealkylation sites (tertiary alicyclic amines) is 1. The minimum absolute atomic E-state index is 0.00737. The van der Waals surface area contributed by atoms with Gasteiger partial charge in [0.25, 0.3) is 5.69 Å². The van der Waals surface area contributed by atoms with E-state index < -0.39 is 19.3 Å². The Bertz CT molecular complexity index is 942. The molecule has 0 radical (unpaired) electrons. The first-order chi connectivity index (χ1) is 16.3. The number of nitro groups is 1. The van der Waals surface area contributed by atoms with Crippen LogP contribution < -0.4 is 0 Å². The van der Waals surface area contributed by atoms with E-state index in [1.807, 2.05) is 4.90 Å². The van der Waals surface area contributed by atoms with Gasteiger partial charge < -0.3 is 14.1 Å². The molecule has 12 heteroatoms. The van der Waals surface area contributed by atoms with Crippen LogP contribution in [0, 0.1) is 10.1 Å². The second-order valence-electron chi connectivity index (χ2n) is 10.4. The van der Waals surface area contributed by atoms with E-state index in [0.717, 1.165) is 5.75 Å². The van der Waals surface area contributed by atoms with E-state index in [2.05, 4.69) is 49.8 Å². The molecule has 2 fully saturated rings. The molecule has 2 amide bonds. The predicted octanol–water partition coefficient (Wildman–Crippen LogP) is 4.99. The van der Waals surface area contributed by atoms with E-state index >= 15 is 0 Å². The summed E-state index contributed by atoms with van der Waals surface area (Å²) in [4.78, 5) is 39.7. The zero-order valence-electron chi connectivity index (χ0n) is 20.9. The first-order valence-electron chi connectivity index (χ1n) is 11.7. The van der Waals surface area contributed by atoms with Crippen molar-refractivity contribution in [3.63, 3.8) is 0 Å². The number of nitro benzene ring substituents is 1. The van der Waals surface area contributed by atoms with Crippen molar-refractivity contribution < 1.29 is 23.7 Å². The molecule has 35 heavy (non-hydrogen) atoms. The fourth-order valence-corrected chi connectivity index (χ4v) is 7.18. The Morgan fingerprint density at radius 1 is 1.23 bits per heavy atom. The third-order valence-electron chi connectivity index (χ3n) is 7.01. The second kappa shape index (κ2) is 11.2. The van der Waals surface area contributed by atoms with Crippen LogP contribution in [0.25, 0.3) is 0 Å². The van der Waals surface area contributed by atoms with Crippen LogP contribution in [0.2, 0.25) is 18.1 Å². The Balaban J connectivity index is 1.76. The highest BCUT2D eigenvalue weighted by Crippen LogP contribution is 2.41. The van der Waals surface area contributed by atoms with Gasteiger partial charge in [0.1, 0.15) is 6.61 Å². The molecule has 3 rings (SSSR count). The molecule has 0 spiro atoms. The number of non-ortho nitro benzene ring substituents is 1. The van der Waals surface area contributed by atoms with E-state index in [-0.39, 0.29) is 46.1 Å². The SMILES string of the molecule is CC(C)(C)[Si](C)(C)OC1CC(C2SCCN2C(=O)CBr)N(C(=O)OCc2ccc([N+](=O)[O-])cc2)C1. The second-order valence-corrected chi connectivity index (χ2v) is 17.0. The van der Waals surface area contributed by atoms with Gasteiger partial charge in [-0.2, -0.15) is 0 Å². The molecule has 0 aliphatic carbocycles. The van der Waals surface area contributed by atoms with E-state index in [1.165, 1.54) is 12.1 Å². The number of carbonyl (C=O) groups excluding carboxylic acids is 2. The number of hydrogen-bond acceptors (Lipinski definition) is 7. The molecule has 9 nitrogen and oxygen atoms in total. The number of alkyl halides is 1. The van der Waals surface area contributed by atoms with Crippen LogP contribution in [0.15, 0.2) is 24.3 Å². The van der Waals surface area contributed by atoms with E-state index in [9.17, 15) is 19.7 Å². The number of amides is 2. The predicted molar refractivity (Wildman–Crippen MR) is 142 cm³/mol. The summed E-state index contributed by atoms with van der Waals surface area (Å²) in [6.45, 7) is 12.0. The summed E-state index contributed by atoms with van der Waals surface area (Å²) in [7, 11) is -2.06. The molecule has 0 saturated carbocycles. The number of nitrogens with zero attached hydrogens (tertiary/aromatic N) is 3. The van der Waals surface area contributed by atoms with E-state index in [4.69, 9.17) is 9.16 Å². The molecular weight excluding hydrogens is 554 g/mol. The van der Waals surface area contributed by atoms with Gasteiger partial charge in [0.2, 0.25) is 5.91 Å². The number of carbonyl (C=O) groups is 2. The molecule has 0 bridgehead atoms. The number of rotatable bonds is 7. The molecule has 3 unspecified atom stereocenters. The fraction of sp³-hybridized carbons (Fsp3) is 0.652. The number of ether oxygens (including phenoxy) is 1. The monoisotopic (exact) mass is 587 g/mol. The van der Waals surface area contributed by atoms with Gasteiger partial charge in [-0.1, -0.05) is 36.7 Å². The van der Waals surface area contributed by atoms with Crippen molar-refractivity contribution in [1.29, 1.82) is 0 Å². The molecule has 3 atom stereocenters. The van der Waals surface area contributed by atoms with Crippen LogP contribution in [-0.2, 0) is 20.6 Å². The highest BCUT2D eigenvalue weighted by molar-refractivity contribution is 9.09. The van der Waals surface area contributed by atoms with Crippen molar-refractivity contribution in [3.05, 3.63) is 39.9 Å². The molecule has 0 aromatic heterocycles. The fourth-order valence-electron chi connectivity index (χ4n) is 4.08. The molecule has 2 aliphatic rings. The summed E-state index contributed by atoms with van der Waals surface area (Å²) in [5.74, 6) is 0.826. The summed E-state index contributed by atoms with van der Waals surface area (Å²) in [5.41, 5.74) is 0.653. The first-order valence-corrected chi connectivity index (χ1v) is 16.7. The maximum Gasteiger partial charge on any atom is 0.410 e. The van der Waals surface area contributed by atoms with Crippen LogP contribution in [0.5, 0.6) is 0 Å². The van der Waals surface area contributed by atoms with Gasteiger partial charge in [0, 0.05) is 31.0 Å². The molecule has 2 heterocycles. The lowest BCUT2D eigenvalue weighted by Crippen LogP contribution is -2.49. The molecule has 194 valence electrons. The van der Waals surface area contributed by atoms with Crippen molar-refractivity contribution >= 4 is 53.7 Å². The van der Waals surface area contributed by atoms with Gasteiger partial charge in [-0.25, -0.2) is 4.79 Å². The maximum absolute atomic E-state index is 13.2. The van der Waals surface area contributed by atoms with Crippen molar-refractivity contribution in [1.82, 2.24) is 9.80 Å². The van der Waals surface area contributed by atoms with E-state index in [1.54, 1.807) is 28.8 Å². The van der Waals surface area contributed by atoms with Crippen molar-refractivity contribution in [3.8, 4) is 0 Å². The molecular formula is C23H34BrN3O6SSi. The minimum Gasteiger partial charge on any atom is -0.445 e. The molecule has 0 N–H and O–H groups in total. The first kappa shape index (κ1) is 27.9. The third-order valence-corrected chi connectivity index (χ3v) is 13.4. The minimum atomic E-state index is -2.06. The van der Waals surface area contributed by atoms with Gasteiger partial charge in [0.05, 0.1) is 27.8 Å². The topological polar surface area (TPSA) is 102 Å². The quantitative estimate of drug-likeness (QED) is 0.191. The average molecular weight is 589 g/mol. The van der Waals surface area contributed by atoms with Crippen molar-refractivity contribution in [2.75, 3.05) is 24.2 Å². The normalized spacial score (nSPS) is 23.0. The van der Waals surface area contributed by atoms with Gasteiger partial charge >= 0.3 is 6.09 Å². The highest BCUT2D eigenvalue weighted by atomic mass is 79.9. The molecule has 2 aliphatic heterocycles.